The van der Waals surface area contributed by atoms with Crippen LogP contribution in [-0.2, 0) is 9.53 Å². The largest absolute Gasteiger partial charge is 0.463 e. The van der Waals surface area contributed by atoms with Gasteiger partial charge in [0, 0.05) is 0 Å². The first-order valence-corrected chi connectivity index (χ1v) is 3.96. The van der Waals surface area contributed by atoms with Crippen LogP contribution < -0.4 is 0 Å². The maximum absolute atomic E-state index is 11.1. The van der Waals surface area contributed by atoms with Gasteiger partial charge in [0.05, 0.1) is 12.0 Å². The van der Waals surface area contributed by atoms with Crippen LogP contribution in [0.2, 0.25) is 0 Å². The van der Waals surface area contributed by atoms with Crippen LogP contribution in [0.4, 0.5) is 0 Å². The van der Waals surface area contributed by atoms with Gasteiger partial charge in [0.25, 0.3) is 0 Å². The van der Waals surface area contributed by atoms with Crippen LogP contribution in [-0.4, -0.2) is 12.1 Å². The molecule has 0 bridgehead atoms. The standard InChI is InChI=1S/C9H14O2/c1-6(2)11-9(10)8-4-7(3)5-8/h6,8H,3-5H2,1-2H3. The van der Waals surface area contributed by atoms with E-state index in [1.165, 1.54) is 0 Å². The van der Waals surface area contributed by atoms with Gasteiger partial charge in [-0.3, -0.25) is 4.79 Å². The maximum atomic E-state index is 11.1. The Bertz CT molecular complexity index is 174. The summed E-state index contributed by atoms with van der Waals surface area (Å²) < 4.78 is 5.02. The smallest absolute Gasteiger partial charge is 0.309 e. The molecule has 1 fully saturated rings. The zero-order valence-corrected chi connectivity index (χ0v) is 7.09. The minimum Gasteiger partial charge on any atom is -0.463 e. The summed E-state index contributed by atoms with van der Waals surface area (Å²) in [5.41, 5.74) is 1.16. The lowest BCUT2D eigenvalue weighted by Crippen LogP contribution is -2.27. The Morgan fingerprint density at radius 2 is 2.18 bits per heavy atom. The Hall–Kier alpha value is -0.790. The van der Waals surface area contributed by atoms with Gasteiger partial charge < -0.3 is 4.74 Å². The van der Waals surface area contributed by atoms with Crippen LogP contribution in [0.15, 0.2) is 12.2 Å². The molecule has 1 saturated carbocycles. The fourth-order valence-electron chi connectivity index (χ4n) is 1.13. The number of carbonyl (C=O) groups excluding carboxylic acids is 1. The predicted octanol–water partition coefficient (Wildman–Crippen LogP) is 1.90. The Morgan fingerprint density at radius 1 is 1.64 bits per heavy atom. The SMILES string of the molecule is C=C1CC(C(=O)OC(C)C)C1. The summed E-state index contributed by atoms with van der Waals surface area (Å²) in [5, 5.41) is 0. The molecule has 1 aliphatic carbocycles. The predicted molar refractivity (Wildman–Crippen MR) is 43.1 cm³/mol. The van der Waals surface area contributed by atoms with Crippen molar-refractivity contribution in [2.75, 3.05) is 0 Å². The Balaban J connectivity index is 2.26. The van der Waals surface area contributed by atoms with Crippen LogP contribution in [0.5, 0.6) is 0 Å². The highest BCUT2D eigenvalue weighted by molar-refractivity contribution is 5.75. The van der Waals surface area contributed by atoms with Gasteiger partial charge in [-0.05, 0) is 26.7 Å². The van der Waals surface area contributed by atoms with Crippen molar-refractivity contribution in [2.24, 2.45) is 5.92 Å². The van der Waals surface area contributed by atoms with Crippen LogP contribution in [0.25, 0.3) is 0 Å². The second kappa shape index (κ2) is 3.07. The van der Waals surface area contributed by atoms with Crippen molar-refractivity contribution < 1.29 is 9.53 Å². The van der Waals surface area contributed by atoms with Gasteiger partial charge in [0.2, 0.25) is 0 Å². The molecular formula is C9H14O2. The number of carbonyl (C=O) groups is 1. The van der Waals surface area contributed by atoms with Crippen molar-refractivity contribution in [3.8, 4) is 0 Å². The van der Waals surface area contributed by atoms with Gasteiger partial charge in [0.1, 0.15) is 0 Å². The van der Waals surface area contributed by atoms with E-state index in [4.69, 9.17) is 4.74 Å². The van der Waals surface area contributed by atoms with E-state index in [0.717, 1.165) is 18.4 Å². The molecule has 0 aromatic rings. The molecule has 0 saturated heterocycles. The zero-order chi connectivity index (χ0) is 8.43. The molecule has 2 nitrogen and oxygen atoms in total. The first-order chi connectivity index (χ1) is 5.09. The molecule has 0 amide bonds. The molecule has 62 valence electrons. The Kier molecular flexibility index (Phi) is 2.32. The molecule has 1 aliphatic rings. The lowest BCUT2D eigenvalue weighted by atomic mass is 9.81. The summed E-state index contributed by atoms with van der Waals surface area (Å²) in [5.74, 6) is 0.0392. The van der Waals surface area contributed by atoms with E-state index in [1.807, 2.05) is 13.8 Å². The summed E-state index contributed by atoms with van der Waals surface area (Å²) in [6.45, 7) is 7.50. The fourth-order valence-corrected chi connectivity index (χ4v) is 1.13. The molecule has 0 aromatic carbocycles. The van der Waals surface area contributed by atoms with Crippen LogP contribution >= 0.6 is 0 Å². The van der Waals surface area contributed by atoms with Gasteiger partial charge >= 0.3 is 5.97 Å². The quantitative estimate of drug-likeness (QED) is 0.448. The summed E-state index contributed by atoms with van der Waals surface area (Å²) in [4.78, 5) is 11.1. The molecule has 0 N–H and O–H groups in total. The first kappa shape index (κ1) is 8.31. The first-order valence-electron chi connectivity index (χ1n) is 3.96. The molecule has 1 rings (SSSR count). The van der Waals surface area contributed by atoms with E-state index in [9.17, 15) is 4.79 Å². The van der Waals surface area contributed by atoms with Crippen LogP contribution in [0, 0.1) is 5.92 Å². The van der Waals surface area contributed by atoms with E-state index in [0.29, 0.717) is 0 Å². The molecular weight excluding hydrogens is 140 g/mol. The second-order valence-electron chi connectivity index (χ2n) is 3.34. The summed E-state index contributed by atoms with van der Waals surface area (Å²) in [7, 11) is 0. The van der Waals surface area contributed by atoms with E-state index in [1.54, 1.807) is 0 Å². The Labute approximate surface area is 67.2 Å². The Morgan fingerprint density at radius 3 is 2.55 bits per heavy atom. The van der Waals surface area contributed by atoms with Gasteiger partial charge in [0.15, 0.2) is 0 Å². The molecule has 0 aliphatic heterocycles. The minimum atomic E-state index is -0.0626. The van der Waals surface area contributed by atoms with Gasteiger partial charge in [-0.25, -0.2) is 0 Å². The normalized spacial score (nSPS) is 18.3. The second-order valence-corrected chi connectivity index (χ2v) is 3.34. The number of ether oxygens (including phenoxy) is 1. The number of hydrogen-bond acceptors (Lipinski definition) is 2. The van der Waals surface area contributed by atoms with Crippen molar-refractivity contribution in [2.45, 2.75) is 32.8 Å². The molecule has 0 aromatic heterocycles. The molecule has 11 heavy (non-hydrogen) atoms. The van der Waals surface area contributed by atoms with Crippen molar-refractivity contribution in [1.82, 2.24) is 0 Å². The third-order valence-corrected chi connectivity index (χ3v) is 1.76. The lowest BCUT2D eigenvalue weighted by molar-refractivity contribution is -0.153. The molecule has 0 radical (unpaired) electrons. The summed E-state index contributed by atoms with van der Waals surface area (Å²) >= 11 is 0. The van der Waals surface area contributed by atoms with E-state index in [-0.39, 0.29) is 18.0 Å². The van der Waals surface area contributed by atoms with Gasteiger partial charge in [-0.15, -0.1) is 0 Å². The maximum Gasteiger partial charge on any atom is 0.309 e. The zero-order valence-electron chi connectivity index (χ0n) is 7.09. The topological polar surface area (TPSA) is 26.3 Å². The van der Waals surface area contributed by atoms with Gasteiger partial charge in [-0.1, -0.05) is 12.2 Å². The van der Waals surface area contributed by atoms with E-state index in [2.05, 4.69) is 6.58 Å². The highest BCUT2D eigenvalue weighted by Crippen LogP contribution is 2.32. The van der Waals surface area contributed by atoms with Crippen molar-refractivity contribution >= 4 is 5.97 Å². The van der Waals surface area contributed by atoms with Crippen molar-refractivity contribution in [1.29, 1.82) is 0 Å². The minimum absolute atomic E-state index is 0.0105. The monoisotopic (exact) mass is 154 g/mol. The average Bonchev–Trinajstić information content (AvgIpc) is 1.79. The number of esters is 1. The molecule has 0 heterocycles. The molecule has 0 atom stereocenters. The molecule has 0 unspecified atom stereocenters. The lowest BCUT2D eigenvalue weighted by Gasteiger charge is -2.26. The van der Waals surface area contributed by atoms with E-state index >= 15 is 0 Å². The van der Waals surface area contributed by atoms with Crippen molar-refractivity contribution in [3.63, 3.8) is 0 Å². The molecule has 0 spiro atoms. The number of rotatable bonds is 2. The average molecular weight is 154 g/mol. The third-order valence-electron chi connectivity index (χ3n) is 1.76. The van der Waals surface area contributed by atoms with Crippen LogP contribution in [0.3, 0.4) is 0 Å². The van der Waals surface area contributed by atoms with Gasteiger partial charge in [-0.2, -0.15) is 0 Å². The fraction of sp³-hybridized carbons (Fsp3) is 0.667. The summed E-state index contributed by atoms with van der Waals surface area (Å²) in [6.07, 6.45) is 1.66. The summed E-state index contributed by atoms with van der Waals surface area (Å²) in [6, 6.07) is 0. The highest BCUT2D eigenvalue weighted by Gasteiger charge is 2.29. The van der Waals surface area contributed by atoms with E-state index < -0.39 is 0 Å². The number of allylic oxidation sites excluding steroid dienone is 1. The number of hydrogen-bond donors (Lipinski definition) is 0. The van der Waals surface area contributed by atoms with Crippen molar-refractivity contribution in [3.05, 3.63) is 12.2 Å². The van der Waals surface area contributed by atoms with Crippen LogP contribution in [0.1, 0.15) is 26.7 Å². The highest BCUT2D eigenvalue weighted by atomic mass is 16.5. The molecule has 2 heteroatoms. The third kappa shape index (κ3) is 2.07.